The lowest BCUT2D eigenvalue weighted by molar-refractivity contribution is 0.114. The van der Waals surface area contributed by atoms with Gasteiger partial charge in [-0.1, -0.05) is 0 Å². The van der Waals surface area contributed by atoms with Crippen LogP contribution in [-0.2, 0) is 0 Å². The molecule has 0 fully saturated rings. The molecular formula is C6H7F2N3. The molecule has 0 radical (unpaired) electrons. The molecule has 0 saturated carbocycles. The molecule has 1 aromatic heterocycles. The summed E-state index contributed by atoms with van der Waals surface area (Å²) in [6, 6.07) is -1.33. The zero-order valence-electron chi connectivity index (χ0n) is 5.61. The molecule has 11 heavy (non-hydrogen) atoms. The van der Waals surface area contributed by atoms with Gasteiger partial charge in [0.2, 0.25) is 0 Å². The van der Waals surface area contributed by atoms with Gasteiger partial charge in [-0.2, -0.15) is 0 Å². The highest BCUT2D eigenvalue weighted by Crippen LogP contribution is 2.13. The van der Waals surface area contributed by atoms with Gasteiger partial charge in [0.05, 0.1) is 11.9 Å². The summed E-state index contributed by atoms with van der Waals surface area (Å²) in [4.78, 5) is 7.24. The van der Waals surface area contributed by atoms with Crippen LogP contribution in [0.5, 0.6) is 0 Å². The smallest absolute Gasteiger partial charge is 0.259 e. The summed E-state index contributed by atoms with van der Waals surface area (Å²) in [6.45, 7) is 0. The van der Waals surface area contributed by atoms with Gasteiger partial charge in [-0.05, 0) is 0 Å². The molecule has 1 unspecified atom stereocenters. The van der Waals surface area contributed by atoms with Crippen molar-refractivity contribution in [3.63, 3.8) is 0 Å². The zero-order valence-corrected chi connectivity index (χ0v) is 5.61. The third-order valence-electron chi connectivity index (χ3n) is 1.20. The summed E-state index contributed by atoms with van der Waals surface area (Å²) in [5.74, 6) is 0. The van der Waals surface area contributed by atoms with Crippen molar-refractivity contribution in [1.82, 2.24) is 9.97 Å². The average molecular weight is 159 g/mol. The number of rotatable bonds is 2. The minimum Gasteiger partial charge on any atom is -0.318 e. The van der Waals surface area contributed by atoms with E-state index in [1.165, 1.54) is 18.6 Å². The Morgan fingerprint density at radius 3 is 2.55 bits per heavy atom. The third kappa shape index (κ3) is 1.91. The van der Waals surface area contributed by atoms with Gasteiger partial charge in [0.25, 0.3) is 6.43 Å². The molecular weight excluding hydrogens is 152 g/mol. The molecule has 0 bridgehead atoms. The molecule has 0 amide bonds. The van der Waals surface area contributed by atoms with Gasteiger partial charge in [0.1, 0.15) is 6.04 Å². The first-order valence-corrected chi connectivity index (χ1v) is 3.01. The van der Waals surface area contributed by atoms with Gasteiger partial charge in [-0.25, -0.2) is 8.78 Å². The largest absolute Gasteiger partial charge is 0.318 e. The Balaban J connectivity index is 2.77. The lowest BCUT2D eigenvalue weighted by atomic mass is 10.2. The molecule has 5 heteroatoms. The molecule has 1 atom stereocenters. The summed E-state index contributed by atoms with van der Waals surface area (Å²) in [5.41, 5.74) is 5.20. The van der Waals surface area contributed by atoms with E-state index in [-0.39, 0.29) is 5.69 Å². The van der Waals surface area contributed by atoms with Crippen molar-refractivity contribution < 1.29 is 8.78 Å². The van der Waals surface area contributed by atoms with E-state index in [4.69, 9.17) is 5.73 Å². The topological polar surface area (TPSA) is 51.8 Å². The van der Waals surface area contributed by atoms with Crippen molar-refractivity contribution in [3.8, 4) is 0 Å². The van der Waals surface area contributed by atoms with Crippen molar-refractivity contribution in [3.05, 3.63) is 24.3 Å². The van der Waals surface area contributed by atoms with Gasteiger partial charge in [-0.15, -0.1) is 0 Å². The van der Waals surface area contributed by atoms with Crippen LogP contribution in [0.15, 0.2) is 18.6 Å². The molecule has 2 N–H and O–H groups in total. The van der Waals surface area contributed by atoms with Crippen LogP contribution in [0.1, 0.15) is 11.7 Å². The number of alkyl halides is 2. The Morgan fingerprint density at radius 1 is 1.36 bits per heavy atom. The minimum atomic E-state index is -2.59. The fourth-order valence-corrected chi connectivity index (χ4v) is 0.612. The summed E-state index contributed by atoms with van der Waals surface area (Å²) >= 11 is 0. The number of halogens is 2. The van der Waals surface area contributed by atoms with Crippen molar-refractivity contribution in [2.45, 2.75) is 12.5 Å². The number of nitrogens with two attached hydrogens (primary N) is 1. The standard InChI is InChI=1S/C6H7F2N3/c7-6(8)5(9)4-3-10-1-2-11-4/h1-3,5-6H,9H2. The average Bonchev–Trinajstić information content (AvgIpc) is 2.05. The molecule has 0 saturated heterocycles. The van der Waals surface area contributed by atoms with Crippen LogP contribution >= 0.6 is 0 Å². The fraction of sp³-hybridized carbons (Fsp3) is 0.333. The molecule has 3 nitrogen and oxygen atoms in total. The summed E-state index contributed by atoms with van der Waals surface area (Å²) < 4.78 is 23.8. The third-order valence-corrected chi connectivity index (χ3v) is 1.20. The van der Waals surface area contributed by atoms with Gasteiger partial charge in [0.15, 0.2) is 0 Å². The second-order valence-corrected chi connectivity index (χ2v) is 1.99. The SMILES string of the molecule is NC(c1cnccn1)C(F)F. The fourth-order valence-electron chi connectivity index (χ4n) is 0.612. The molecule has 0 spiro atoms. The van der Waals surface area contributed by atoms with Crippen molar-refractivity contribution >= 4 is 0 Å². The Labute approximate surface area is 62.3 Å². The quantitative estimate of drug-likeness (QED) is 0.692. The van der Waals surface area contributed by atoms with E-state index in [1.807, 2.05) is 0 Å². The maximum absolute atomic E-state index is 11.9. The summed E-state index contributed by atoms with van der Waals surface area (Å²) in [5, 5.41) is 0. The van der Waals surface area contributed by atoms with Crippen molar-refractivity contribution in [1.29, 1.82) is 0 Å². The molecule has 1 heterocycles. The Bertz CT molecular complexity index is 214. The molecule has 0 aliphatic rings. The molecule has 1 rings (SSSR count). The van der Waals surface area contributed by atoms with Gasteiger partial charge >= 0.3 is 0 Å². The van der Waals surface area contributed by atoms with Crippen LogP contribution in [0, 0.1) is 0 Å². The van der Waals surface area contributed by atoms with E-state index < -0.39 is 12.5 Å². The predicted octanol–water partition coefficient (Wildman–Crippen LogP) is 0.741. The first kappa shape index (κ1) is 8.00. The van der Waals surface area contributed by atoms with Crippen molar-refractivity contribution in [2.75, 3.05) is 0 Å². The Hall–Kier alpha value is -1.10. The van der Waals surface area contributed by atoms with Crippen LogP contribution in [0.3, 0.4) is 0 Å². The molecule has 60 valence electrons. The minimum absolute atomic E-state index is 0.113. The maximum Gasteiger partial charge on any atom is 0.259 e. The molecule has 0 aromatic carbocycles. The van der Waals surface area contributed by atoms with E-state index in [9.17, 15) is 8.78 Å². The maximum atomic E-state index is 11.9. The molecule has 0 aliphatic carbocycles. The second-order valence-electron chi connectivity index (χ2n) is 1.99. The van der Waals surface area contributed by atoms with Crippen LogP contribution < -0.4 is 5.73 Å². The van der Waals surface area contributed by atoms with E-state index in [2.05, 4.69) is 9.97 Å². The van der Waals surface area contributed by atoms with Gasteiger partial charge < -0.3 is 5.73 Å². The normalized spacial score (nSPS) is 13.5. The first-order valence-electron chi connectivity index (χ1n) is 3.01. The number of nitrogens with zero attached hydrogens (tertiary/aromatic N) is 2. The first-order chi connectivity index (χ1) is 5.22. The Kier molecular flexibility index (Phi) is 2.43. The van der Waals surface area contributed by atoms with Gasteiger partial charge in [0, 0.05) is 12.4 Å². The van der Waals surface area contributed by atoms with Gasteiger partial charge in [-0.3, -0.25) is 9.97 Å². The van der Waals surface area contributed by atoms with E-state index in [1.54, 1.807) is 0 Å². The van der Waals surface area contributed by atoms with E-state index >= 15 is 0 Å². The number of hydrogen-bond donors (Lipinski definition) is 1. The van der Waals surface area contributed by atoms with E-state index in [0.29, 0.717) is 0 Å². The Morgan fingerprint density at radius 2 is 2.09 bits per heavy atom. The highest BCUT2D eigenvalue weighted by Gasteiger charge is 2.18. The summed E-state index contributed by atoms with van der Waals surface area (Å²) in [7, 11) is 0. The number of hydrogen-bond acceptors (Lipinski definition) is 3. The lowest BCUT2D eigenvalue weighted by Gasteiger charge is -2.07. The molecule has 1 aromatic rings. The summed E-state index contributed by atoms with van der Waals surface area (Å²) in [6.07, 6.45) is 1.38. The monoisotopic (exact) mass is 159 g/mol. The lowest BCUT2D eigenvalue weighted by Crippen LogP contribution is -2.20. The molecule has 0 aliphatic heterocycles. The van der Waals surface area contributed by atoms with Crippen molar-refractivity contribution in [2.24, 2.45) is 5.73 Å². The van der Waals surface area contributed by atoms with Crippen LogP contribution in [-0.4, -0.2) is 16.4 Å². The second kappa shape index (κ2) is 3.34. The van der Waals surface area contributed by atoms with E-state index in [0.717, 1.165) is 0 Å². The van der Waals surface area contributed by atoms with Crippen LogP contribution in [0.2, 0.25) is 0 Å². The zero-order chi connectivity index (χ0) is 8.27. The van der Waals surface area contributed by atoms with Crippen LogP contribution in [0.4, 0.5) is 8.78 Å². The number of aromatic nitrogens is 2. The predicted molar refractivity (Wildman–Crippen MR) is 35.0 cm³/mol. The highest BCUT2D eigenvalue weighted by molar-refractivity contribution is 5.01. The van der Waals surface area contributed by atoms with Crippen LogP contribution in [0.25, 0.3) is 0 Å². The highest BCUT2D eigenvalue weighted by atomic mass is 19.3.